The molecular weight excluding hydrogens is 266 g/mol. The van der Waals surface area contributed by atoms with E-state index in [1.807, 2.05) is 6.07 Å². The highest BCUT2D eigenvalue weighted by Gasteiger charge is 2.37. The van der Waals surface area contributed by atoms with Crippen molar-refractivity contribution in [2.75, 3.05) is 0 Å². The van der Waals surface area contributed by atoms with Crippen LogP contribution in [0.3, 0.4) is 0 Å². The first-order chi connectivity index (χ1) is 9.90. The van der Waals surface area contributed by atoms with Crippen LogP contribution in [0.25, 0.3) is 11.1 Å². The Morgan fingerprint density at radius 1 is 1.33 bits per heavy atom. The van der Waals surface area contributed by atoms with Crippen molar-refractivity contribution in [1.29, 1.82) is 0 Å². The topological polar surface area (TPSA) is 52.2 Å². The zero-order valence-electron chi connectivity index (χ0n) is 12.8. The van der Waals surface area contributed by atoms with Crippen molar-refractivity contribution in [2.45, 2.75) is 39.5 Å². The molecule has 1 saturated carbocycles. The molecule has 21 heavy (non-hydrogen) atoms. The molecule has 0 radical (unpaired) electrons. The number of carbonyl (C=O) groups is 1. The van der Waals surface area contributed by atoms with Crippen LogP contribution in [-0.2, 0) is 7.05 Å². The number of oxazole rings is 1. The summed E-state index contributed by atoms with van der Waals surface area (Å²) in [6.07, 6.45) is 4.35. The molecule has 112 valence electrons. The van der Waals surface area contributed by atoms with Crippen LogP contribution >= 0.6 is 0 Å². The molecule has 0 N–H and O–H groups in total. The molecule has 4 nitrogen and oxygen atoms in total. The van der Waals surface area contributed by atoms with Gasteiger partial charge in [-0.2, -0.15) is 0 Å². The van der Waals surface area contributed by atoms with Crippen LogP contribution in [0.4, 0.5) is 0 Å². The average molecular weight is 287 g/mol. The van der Waals surface area contributed by atoms with Gasteiger partial charge in [-0.1, -0.05) is 26.7 Å². The molecule has 0 spiro atoms. The van der Waals surface area contributed by atoms with E-state index in [9.17, 15) is 9.59 Å². The molecule has 0 amide bonds. The Morgan fingerprint density at radius 2 is 2.10 bits per heavy atom. The Morgan fingerprint density at radius 3 is 2.81 bits per heavy atom. The van der Waals surface area contributed by atoms with Crippen molar-refractivity contribution in [3.63, 3.8) is 0 Å². The van der Waals surface area contributed by atoms with Crippen molar-refractivity contribution < 1.29 is 9.21 Å². The first-order valence-corrected chi connectivity index (χ1v) is 7.54. The van der Waals surface area contributed by atoms with Gasteiger partial charge in [0.25, 0.3) is 0 Å². The Hall–Kier alpha value is -1.84. The van der Waals surface area contributed by atoms with E-state index in [2.05, 4.69) is 13.8 Å². The van der Waals surface area contributed by atoms with E-state index >= 15 is 0 Å². The summed E-state index contributed by atoms with van der Waals surface area (Å²) in [5.41, 5.74) is 1.90. The van der Waals surface area contributed by atoms with E-state index in [0.29, 0.717) is 11.1 Å². The second kappa shape index (κ2) is 4.86. The molecule has 1 fully saturated rings. The van der Waals surface area contributed by atoms with Crippen LogP contribution in [0, 0.1) is 11.3 Å². The van der Waals surface area contributed by atoms with Gasteiger partial charge in [0.1, 0.15) is 0 Å². The molecule has 2 aromatic rings. The quantitative estimate of drug-likeness (QED) is 0.794. The van der Waals surface area contributed by atoms with Crippen LogP contribution in [0.15, 0.2) is 27.4 Å². The molecule has 4 heteroatoms. The molecule has 1 aromatic heterocycles. The fourth-order valence-electron chi connectivity index (χ4n) is 3.47. The molecule has 3 rings (SSSR count). The Kier molecular flexibility index (Phi) is 3.27. The van der Waals surface area contributed by atoms with Crippen molar-refractivity contribution in [1.82, 2.24) is 4.57 Å². The molecule has 1 atom stereocenters. The lowest BCUT2D eigenvalue weighted by Gasteiger charge is -2.37. The van der Waals surface area contributed by atoms with Crippen LogP contribution in [0.1, 0.15) is 49.9 Å². The fraction of sp³-hybridized carbons (Fsp3) is 0.529. The van der Waals surface area contributed by atoms with Gasteiger partial charge in [-0.15, -0.1) is 0 Å². The Bertz CT molecular complexity index is 751. The first kappa shape index (κ1) is 14.1. The molecule has 0 bridgehead atoms. The monoisotopic (exact) mass is 287 g/mol. The average Bonchev–Trinajstić information content (AvgIpc) is 2.72. The van der Waals surface area contributed by atoms with Crippen LogP contribution in [0.2, 0.25) is 0 Å². The van der Waals surface area contributed by atoms with Crippen molar-refractivity contribution in [3.8, 4) is 0 Å². The summed E-state index contributed by atoms with van der Waals surface area (Å²) in [7, 11) is 1.67. The number of fused-ring (bicyclic) bond motifs is 1. The lowest BCUT2D eigenvalue weighted by Crippen LogP contribution is -2.34. The highest BCUT2D eigenvalue weighted by Crippen LogP contribution is 2.42. The minimum absolute atomic E-state index is 0.0435. The maximum atomic E-state index is 12.8. The van der Waals surface area contributed by atoms with E-state index < -0.39 is 5.76 Å². The molecule has 1 aliphatic carbocycles. The van der Waals surface area contributed by atoms with Gasteiger partial charge in [-0.25, -0.2) is 4.79 Å². The summed E-state index contributed by atoms with van der Waals surface area (Å²) in [5, 5.41) is 0. The lowest BCUT2D eigenvalue weighted by molar-refractivity contribution is 0.0697. The maximum Gasteiger partial charge on any atom is 0.419 e. The number of Topliss-reactive ketones (excluding diaryl/α,β-unsaturated/α-hetero) is 1. The number of ketones is 1. The zero-order valence-corrected chi connectivity index (χ0v) is 12.8. The van der Waals surface area contributed by atoms with Crippen LogP contribution in [-0.4, -0.2) is 10.4 Å². The van der Waals surface area contributed by atoms with Gasteiger partial charge in [0, 0.05) is 18.5 Å². The Balaban J connectivity index is 1.99. The van der Waals surface area contributed by atoms with E-state index in [0.717, 1.165) is 24.8 Å². The van der Waals surface area contributed by atoms with Gasteiger partial charge in [-0.3, -0.25) is 9.36 Å². The summed E-state index contributed by atoms with van der Waals surface area (Å²) in [4.78, 5) is 24.4. The van der Waals surface area contributed by atoms with Gasteiger partial charge >= 0.3 is 5.76 Å². The van der Waals surface area contributed by atoms with Crippen molar-refractivity contribution in [3.05, 3.63) is 34.3 Å². The smallest absolute Gasteiger partial charge is 0.408 e. The van der Waals surface area contributed by atoms with E-state index in [1.54, 1.807) is 19.2 Å². The lowest BCUT2D eigenvalue weighted by atomic mass is 9.66. The molecular formula is C17H21NO3. The minimum Gasteiger partial charge on any atom is -0.408 e. The molecule has 1 heterocycles. The number of aromatic nitrogens is 1. The van der Waals surface area contributed by atoms with Gasteiger partial charge in [0.15, 0.2) is 11.4 Å². The van der Waals surface area contributed by atoms with Gasteiger partial charge < -0.3 is 4.42 Å². The first-order valence-electron chi connectivity index (χ1n) is 7.54. The number of carbonyl (C=O) groups excluding carboxylic acids is 1. The number of nitrogens with zero attached hydrogens (tertiary/aromatic N) is 1. The zero-order chi connectivity index (χ0) is 15.2. The summed E-state index contributed by atoms with van der Waals surface area (Å²) in [6, 6.07) is 5.32. The van der Waals surface area contributed by atoms with Gasteiger partial charge in [0.2, 0.25) is 0 Å². The number of benzene rings is 1. The summed E-state index contributed by atoms with van der Waals surface area (Å²) in [6.45, 7) is 4.35. The van der Waals surface area contributed by atoms with E-state index in [4.69, 9.17) is 4.42 Å². The molecule has 0 aliphatic heterocycles. The third-order valence-electron chi connectivity index (χ3n) is 4.90. The summed E-state index contributed by atoms with van der Waals surface area (Å²) in [5.74, 6) is -0.167. The highest BCUT2D eigenvalue weighted by molar-refractivity contribution is 6.00. The van der Waals surface area contributed by atoms with Crippen LogP contribution < -0.4 is 5.76 Å². The second-order valence-electron chi connectivity index (χ2n) is 6.76. The molecule has 1 aliphatic rings. The third-order valence-corrected chi connectivity index (χ3v) is 4.90. The Labute approximate surface area is 123 Å². The van der Waals surface area contributed by atoms with E-state index in [1.165, 1.54) is 11.0 Å². The molecule has 1 unspecified atom stereocenters. The highest BCUT2D eigenvalue weighted by atomic mass is 16.4. The second-order valence-corrected chi connectivity index (χ2v) is 6.76. The summed E-state index contributed by atoms with van der Waals surface area (Å²) < 4.78 is 6.64. The third kappa shape index (κ3) is 2.33. The maximum absolute atomic E-state index is 12.8. The minimum atomic E-state index is -0.396. The number of aryl methyl sites for hydroxylation is 1. The predicted molar refractivity (Wildman–Crippen MR) is 81.5 cm³/mol. The number of hydrogen-bond acceptors (Lipinski definition) is 3. The standard InChI is InChI=1S/C17H21NO3/c1-17(2)9-5-4-6-12(17)15(19)11-7-8-13-14(10-11)21-16(20)18(13)3/h7-8,10,12H,4-6,9H2,1-3H3. The van der Waals surface area contributed by atoms with Gasteiger partial charge in [0.05, 0.1) is 5.52 Å². The number of hydrogen-bond donors (Lipinski definition) is 0. The summed E-state index contributed by atoms with van der Waals surface area (Å²) >= 11 is 0. The van der Waals surface area contributed by atoms with Crippen LogP contribution in [0.5, 0.6) is 0 Å². The van der Waals surface area contributed by atoms with Crippen molar-refractivity contribution >= 4 is 16.9 Å². The molecule has 1 aromatic carbocycles. The predicted octanol–water partition coefficient (Wildman–Crippen LogP) is 3.53. The van der Waals surface area contributed by atoms with Crippen molar-refractivity contribution in [2.24, 2.45) is 18.4 Å². The van der Waals surface area contributed by atoms with E-state index in [-0.39, 0.29) is 17.1 Å². The SMILES string of the molecule is Cn1c(=O)oc2cc(C(=O)C3CCCCC3(C)C)ccc21. The van der Waals surface area contributed by atoms with Gasteiger partial charge in [-0.05, 0) is 36.5 Å². The number of rotatable bonds is 2. The fourth-order valence-corrected chi connectivity index (χ4v) is 3.47. The largest absolute Gasteiger partial charge is 0.419 e. The molecule has 0 saturated heterocycles. The normalized spacial score (nSPS) is 21.6.